The highest BCUT2D eigenvalue weighted by molar-refractivity contribution is 7.84. The Balaban J connectivity index is 1.27. The second kappa shape index (κ2) is 14.3. The molecule has 3 aliphatic rings. The predicted octanol–water partition coefficient (Wildman–Crippen LogP) is 7.02. The average Bonchev–Trinajstić information content (AvgIpc) is 3.34. The number of rotatable bonds is 14. The molecule has 2 fully saturated rings. The first-order valence-electron chi connectivity index (χ1n) is 17.4. The summed E-state index contributed by atoms with van der Waals surface area (Å²) < 4.78 is 34.4. The molecule has 0 bridgehead atoms. The number of aliphatic hydroxyl groups excluding tert-OH is 1. The Morgan fingerprint density at radius 2 is 1.77 bits per heavy atom. The molecule has 0 heterocycles. The third-order valence-corrected chi connectivity index (χ3v) is 12.1. The molecule has 9 heteroatoms. The van der Waals surface area contributed by atoms with Gasteiger partial charge >= 0.3 is 10.3 Å². The van der Waals surface area contributed by atoms with E-state index in [-0.39, 0.29) is 46.5 Å². The molecule has 2 saturated carbocycles. The van der Waals surface area contributed by atoms with E-state index in [1.54, 1.807) is 6.07 Å². The number of aryl methyl sites for hydroxylation is 1. The molecule has 47 heavy (non-hydrogen) atoms. The van der Waals surface area contributed by atoms with Crippen molar-refractivity contribution >= 4 is 16.2 Å². The maximum absolute atomic E-state index is 12.2. The van der Waals surface area contributed by atoms with Crippen LogP contribution in [0.2, 0.25) is 0 Å². The van der Waals surface area contributed by atoms with Gasteiger partial charge in [-0.1, -0.05) is 50.5 Å². The first-order chi connectivity index (χ1) is 22.3. The van der Waals surface area contributed by atoms with Crippen molar-refractivity contribution in [2.75, 3.05) is 13.7 Å². The lowest BCUT2D eigenvalue weighted by molar-refractivity contribution is -0.131. The first kappa shape index (κ1) is 35.4. The molecule has 0 radical (unpaired) electrons. The monoisotopic (exact) mass is 666 g/mol. The molecule has 258 valence electrons. The van der Waals surface area contributed by atoms with Gasteiger partial charge in [-0.05, 0) is 122 Å². The Bertz CT molecular complexity index is 1530. The molecule has 0 aromatic heterocycles. The number of allylic oxidation sites excluding steroid dienone is 1. The van der Waals surface area contributed by atoms with E-state index >= 15 is 0 Å². The van der Waals surface area contributed by atoms with Crippen LogP contribution in [0.15, 0.2) is 55.1 Å². The van der Waals surface area contributed by atoms with Crippen molar-refractivity contribution in [1.29, 1.82) is 0 Å². The number of nitrogens with two attached hydrogens (primary N) is 1. The summed E-state index contributed by atoms with van der Waals surface area (Å²) in [5.74, 6) is 1.87. The summed E-state index contributed by atoms with van der Waals surface area (Å²) in [4.78, 5) is 14.0. The van der Waals surface area contributed by atoms with Crippen LogP contribution in [-0.2, 0) is 21.5 Å². The van der Waals surface area contributed by atoms with Gasteiger partial charge < -0.3 is 18.9 Å². The fourth-order valence-electron chi connectivity index (χ4n) is 9.09. The van der Waals surface area contributed by atoms with Gasteiger partial charge in [-0.3, -0.25) is 4.79 Å². The minimum Gasteiger partial charge on any atom is -0.494 e. The Morgan fingerprint density at radius 1 is 1.09 bits per heavy atom. The van der Waals surface area contributed by atoms with Gasteiger partial charge in [0.05, 0.1) is 12.7 Å². The highest BCUT2D eigenvalue weighted by atomic mass is 32.2. The van der Waals surface area contributed by atoms with Crippen molar-refractivity contribution in [3.05, 3.63) is 71.8 Å². The van der Waals surface area contributed by atoms with Crippen molar-refractivity contribution in [3.8, 4) is 11.5 Å². The number of ether oxygens (including phenoxy) is 1. The van der Waals surface area contributed by atoms with Crippen LogP contribution in [0.1, 0.15) is 114 Å². The molecule has 1 amide bonds. The lowest BCUT2D eigenvalue weighted by atomic mass is 9.44. The summed E-state index contributed by atoms with van der Waals surface area (Å²) in [5, 5.41) is 16.5. The van der Waals surface area contributed by atoms with E-state index in [2.05, 4.69) is 43.8 Å². The predicted molar refractivity (Wildman–Crippen MR) is 186 cm³/mol. The highest BCUT2D eigenvalue weighted by Crippen LogP contribution is 2.71. The summed E-state index contributed by atoms with van der Waals surface area (Å²) in [6, 6.07) is 14.3. The molecule has 0 saturated heterocycles. The van der Waals surface area contributed by atoms with Crippen molar-refractivity contribution in [1.82, 2.24) is 4.90 Å². The van der Waals surface area contributed by atoms with Crippen molar-refractivity contribution in [2.45, 2.75) is 115 Å². The number of unbranched alkanes of at least 4 members (excludes halogenated alkanes) is 4. The summed E-state index contributed by atoms with van der Waals surface area (Å²) >= 11 is 0. The van der Waals surface area contributed by atoms with E-state index in [9.17, 15) is 18.3 Å². The SMILES string of the molecule is C=C[C@@]12CCc3cc(OS(N)(=O)=O)ccc3C1[C@@H](c1ccc(OCCCCCCCC(=O)N(C)C(C)C)cc1)C[C@@]1(C)C2CC[C@@H]1O. The Hall–Kier alpha value is -2.88. The molecule has 5 rings (SSSR count). The molecule has 3 aliphatic carbocycles. The molecule has 0 aliphatic heterocycles. The number of carbonyl (C=O) groups excluding carboxylic acids is 1. The van der Waals surface area contributed by atoms with Gasteiger partial charge in [0.1, 0.15) is 11.5 Å². The standard InChI is InChI=1S/C38H54N2O6S/c1-6-38-22-21-28-24-30(46-47(39,43)44)17-18-31(28)36(38)32(25-37(4)33(38)19-20-34(37)41)27-13-15-29(16-14-27)45-23-11-9-7-8-10-12-35(42)40(5)26(2)3/h6,13-18,24,26,32-34,36,41H,1,7-12,19-23,25H2,2-5H3,(H2,39,43,44)/t32-,33?,34+,36?,37+,38+/m1/s1. The largest absolute Gasteiger partial charge is 0.494 e. The number of hydrogen-bond acceptors (Lipinski definition) is 6. The lowest BCUT2D eigenvalue weighted by Gasteiger charge is -2.60. The summed E-state index contributed by atoms with van der Waals surface area (Å²) in [6.45, 7) is 11.4. The van der Waals surface area contributed by atoms with Gasteiger partial charge in [-0.25, -0.2) is 0 Å². The quantitative estimate of drug-likeness (QED) is 0.165. The van der Waals surface area contributed by atoms with Gasteiger partial charge in [0, 0.05) is 25.4 Å². The van der Waals surface area contributed by atoms with Gasteiger partial charge in [-0.2, -0.15) is 13.6 Å². The molecule has 6 atom stereocenters. The van der Waals surface area contributed by atoms with Crippen LogP contribution in [0.3, 0.4) is 0 Å². The molecule has 0 spiro atoms. The minimum atomic E-state index is -4.12. The Kier molecular flexibility index (Phi) is 10.8. The molecular weight excluding hydrogens is 612 g/mol. The first-order valence-corrected chi connectivity index (χ1v) is 18.9. The second-order valence-corrected chi connectivity index (χ2v) is 15.9. The van der Waals surface area contributed by atoms with Crippen LogP contribution in [-0.4, -0.2) is 50.1 Å². The Labute approximate surface area is 282 Å². The van der Waals surface area contributed by atoms with Crippen LogP contribution in [0.5, 0.6) is 11.5 Å². The number of fused-ring (bicyclic) bond motifs is 5. The van der Waals surface area contributed by atoms with Crippen LogP contribution in [0, 0.1) is 16.7 Å². The van der Waals surface area contributed by atoms with E-state index in [0.29, 0.717) is 18.9 Å². The van der Waals surface area contributed by atoms with E-state index in [1.165, 1.54) is 11.1 Å². The third-order valence-electron chi connectivity index (χ3n) is 11.7. The lowest BCUT2D eigenvalue weighted by Crippen LogP contribution is -2.53. The molecule has 8 nitrogen and oxygen atoms in total. The Morgan fingerprint density at radius 3 is 2.45 bits per heavy atom. The topological polar surface area (TPSA) is 119 Å². The van der Waals surface area contributed by atoms with Crippen LogP contribution in [0.4, 0.5) is 0 Å². The zero-order valence-electron chi connectivity index (χ0n) is 28.6. The number of benzene rings is 2. The number of carbonyl (C=O) groups is 1. The number of hydrogen-bond donors (Lipinski definition) is 2. The molecule has 2 aromatic rings. The fraction of sp³-hybridized carbons (Fsp3) is 0.605. The number of nitrogens with zero attached hydrogens (tertiary/aromatic N) is 1. The number of aliphatic hydroxyl groups is 1. The van der Waals surface area contributed by atoms with Crippen LogP contribution >= 0.6 is 0 Å². The van der Waals surface area contributed by atoms with Gasteiger partial charge in [0.15, 0.2) is 0 Å². The average molecular weight is 667 g/mol. The van der Waals surface area contributed by atoms with Crippen molar-refractivity contribution in [3.63, 3.8) is 0 Å². The molecule has 2 aromatic carbocycles. The number of amides is 1. The summed E-state index contributed by atoms with van der Waals surface area (Å²) in [6.07, 6.45) is 11.8. The van der Waals surface area contributed by atoms with Gasteiger partial charge in [0.25, 0.3) is 0 Å². The molecule has 2 unspecified atom stereocenters. The highest BCUT2D eigenvalue weighted by Gasteiger charge is 2.63. The zero-order chi connectivity index (χ0) is 34.0. The minimum absolute atomic E-state index is 0.128. The third kappa shape index (κ3) is 7.42. The zero-order valence-corrected chi connectivity index (χ0v) is 29.4. The van der Waals surface area contributed by atoms with Crippen molar-refractivity contribution in [2.24, 2.45) is 21.9 Å². The normalized spacial score (nSPS) is 28.2. The van der Waals surface area contributed by atoms with E-state index in [4.69, 9.17) is 14.1 Å². The fourth-order valence-corrected chi connectivity index (χ4v) is 9.46. The molecule has 3 N–H and O–H groups in total. The summed E-state index contributed by atoms with van der Waals surface area (Å²) in [5.41, 5.74) is 3.06. The second-order valence-electron chi connectivity index (χ2n) is 14.7. The van der Waals surface area contributed by atoms with E-state index < -0.39 is 10.3 Å². The maximum atomic E-state index is 12.2. The van der Waals surface area contributed by atoms with Gasteiger partial charge in [0.2, 0.25) is 5.91 Å². The van der Waals surface area contributed by atoms with Crippen molar-refractivity contribution < 1.29 is 27.2 Å². The van der Waals surface area contributed by atoms with Gasteiger partial charge in [-0.15, -0.1) is 6.58 Å². The smallest absolute Gasteiger partial charge is 0.380 e. The van der Waals surface area contributed by atoms with Crippen LogP contribution < -0.4 is 14.1 Å². The van der Waals surface area contributed by atoms with E-state index in [0.717, 1.165) is 75.5 Å². The van der Waals surface area contributed by atoms with E-state index in [1.807, 2.05) is 37.9 Å². The molecular formula is C38H54N2O6S. The maximum Gasteiger partial charge on any atom is 0.380 e. The van der Waals surface area contributed by atoms with Crippen LogP contribution in [0.25, 0.3) is 0 Å². The summed E-state index contributed by atoms with van der Waals surface area (Å²) in [7, 11) is -2.25.